The van der Waals surface area contributed by atoms with Gasteiger partial charge in [-0.05, 0) is 29.2 Å². The summed E-state index contributed by atoms with van der Waals surface area (Å²) >= 11 is 0. The summed E-state index contributed by atoms with van der Waals surface area (Å²) in [6.07, 6.45) is 2.01. The van der Waals surface area contributed by atoms with Crippen LogP contribution in [-0.4, -0.2) is 87.2 Å². The Kier molecular flexibility index (Phi) is 6.15. The molecule has 1 aromatic heterocycles. The predicted molar refractivity (Wildman–Crippen MR) is 89.5 cm³/mol. The molecule has 8 nitrogen and oxygen atoms in total. The van der Waals surface area contributed by atoms with Gasteiger partial charge in [0.05, 0.1) is 32.4 Å². The Morgan fingerprint density at radius 3 is 2.71 bits per heavy atom. The lowest BCUT2D eigenvalue weighted by Crippen LogP contribution is -2.39. The zero-order valence-corrected chi connectivity index (χ0v) is 14.8. The minimum Gasteiger partial charge on any atom is -0.395 e. The van der Waals surface area contributed by atoms with E-state index in [0.29, 0.717) is 5.92 Å². The first-order valence-corrected chi connectivity index (χ1v) is 9.11. The van der Waals surface area contributed by atoms with E-state index in [4.69, 9.17) is 4.74 Å². The summed E-state index contributed by atoms with van der Waals surface area (Å²) in [5.41, 5.74) is 0. The van der Waals surface area contributed by atoms with Crippen LogP contribution < -0.4 is 0 Å². The third-order valence-corrected chi connectivity index (χ3v) is 5.02. The van der Waals surface area contributed by atoms with E-state index in [2.05, 4.69) is 39.2 Å². The lowest BCUT2D eigenvalue weighted by atomic mass is 10.1. The molecule has 0 aliphatic carbocycles. The average Bonchev–Trinajstić information content (AvgIpc) is 3.19. The number of nitrogens with zero attached hydrogens (tertiary/aromatic N) is 6. The molecule has 0 amide bonds. The van der Waals surface area contributed by atoms with Gasteiger partial charge in [0.2, 0.25) is 0 Å². The molecule has 3 heterocycles. The van der Waals surface area contributed by atoms with Crippen LogP contribution in [0.1, 0.15) is 38.6 Å². The third kappa shape index (κ3) is 4.11. The summed E-state index contributed by atoms with van der Waals surface area (Å²) in [6.45, 7) is 10.9. The Morgan fingerprint density at radius 1 is 1.21 bits per heavy atom. The van der Waals surface area contributed by atoms with E-state index in [9.17, 15) is 5.11 Å². The number of rotatable bonds is 7. The molecular formula is C16H30N6O2. The second-order valence-electron chi connectivity index (χ2n) is 7.23. The van der Waals surface area contributed by atoms with E-state index >= 15 is 0 Å². The summed E-state index contributed by atoms with van der Waals surface area (Å²) in [5.74, 6) is 1.50. The van der Waals surface area contributed by atoms with Crippen molar-refractivity contribution in [3.8, 4) is 0 Å². The van der Waals surface area contributed by atoms with Crippen molar-refractivity contribution in [2.75, 3.05) is 46.0 Å². The fourth-order valence-corrected chi connectivity index (χ4v) is 3.78. The maximum Gasteiger partial charge on any atom is 0.168 e. The Hall–Kier alpha value is -1.09. The smallest absolute Gasteiger partial charge is 0.168 e. The van der Waals surface area contributed by atoms with Gasteiger partial charge in [0, 0.05) is 32.2 Å². The van der Waals surface area contributed by atoms with E-state index < -0.39 is 0 Å². The maximum atomic E-state index is 9.69. The van der Waals surface area contributed by atoms with Crippen LogP contribution in [0.4, 0.5) is 0 Å². The molecule has 3 rings (SSSR count). The fourth-order valence-electron chi connectivity index (χ4n) is 3.78. The van der Waals surface area contributed by atoms with E-state index in [1.54, 1.807) is 0 Å². The molecule has 2 aliphatic heterocycles. The SMILES string of the molecule is CC(C)CN1[C@H](CO)CC[C@H]1c1nnnn1CCN1CCOCC1. The lowest BCUT2D eigenvalue weighted by molar-refractivity contribution is 0.0355. The Bertz CT molecular complexity index is 503. The normalized spacial score (nSPS) is 26.5. The minimum absolute atomic E-state index is 0.207. The van der Waals surface area contributed by atoms with Crippen LogP contribution in [-0.2, 0) is 11.3 Å². The molecule has 2 atom stereocenters. The van der Waals surface area contributed by atoms with E-state index in [1.165, 1.54) is 0 Å². The van der Waals surface area contributed by atoms with Crippen molar-refractivity contribution in [2.24, 2.45) is 5.92 Å². The summed E-state index contributed by atoms with van der Waals surface area (Å²) in [6, 6.07) is 0.436. The Labute approximate surface area is 143 Å². The highest BCUT2D eigenvalue weighted by Gasteiger charge is 2.37. The molecule has 0 spiro atoms. The van der Waals surface area contributed by atoms with Crippen molar-refractivity contribution < 1.29 is 9.84 Å². The zero-order valence-electron chi connectivity index (χ0n) is 14.8. The van der Waals surface area contributed by atoms with Gasteiger partial charge in [0.25, 0.3) is 0 Å². The van der Waals surface area contributed by atoms with Crippen molar-refractivity contribution in [2.45, 2.75) is 45.3 Å². The third-order valence-electron chi connectivity index (χ3n) is 5.02. The molecule has 0 unspecified atom stereocenters. The molecule has 136 valence electrons. The van der Waals surface area contributed by atoms with E-state index in [0.717, 1.165) is 64.6 Å². The number of morpholine rings is 1. The average molecular weight is 338 g/mol. The highest BCUT2D eigenvalue weighted by molar-refractivity contribution is 5.00. The quantitative estimate of drug-likeness (QED) is 0.758. The molecule has 2 aliphatic rings. The Morgan fingerprint density at radius 2 is 2.00 bits per heavy atom. The van der Waals surface area contributed by atoms with Crippen LogP contribution in [0.3, 0.4) is 0 Å². The molecule has 0 aromatic carbocycles. The fraction of sp³-hybridized carbons (Fsp3) is 0.938. The number of ether oxygens (including phenoxy) is 1. The van der Waals surface area contributed by atoms with Gasteiger partial charge in [-0.25, -0.2) is 4.68 Å². The van der Waals surface area contributed by atoms with Gasteiger partial charge in [0.15, 0.2) is 5.82 Å². The van der Waals surface area contributed by atoms with Crippen LogP contribution >= 0.6 is 0 Å². The van der Waals surface area contributed by atoms with Crippen molar-refractivity contribution >= 4 is 0 Å². The number of tetrazole rings is 1. The van der Waals surface area contributed by atoms with E-state index in [1.807, 2.05) is 4.68 Å². The van der Waals surface area contributed by atoms with Crippen LogP contribution in [0, 0.1) is 5.92 Å². The highest BCUT2D eigenvalue weighted by Crippen LogP contribution is 2.35. The van der Waals surface area contributed by atoms with Gasteiger partial charge in [0.1, 0.15) is 0 Å². The largest absolute Gasteiger partial charge is 0.395 e. The van der Waals surface area contributed by atoms with Crippen molar-refractivity contribution in [3.63, 3.8) is 0 Å². The van der Waals surface area contributed by atoms with Gasteiger partial charge in [-0.1, -0.05) is 13.8 Å². The predicted octanol–water partition coefficient (Wildman–Crippen LogP) is 0.159. The van der Waals surface area contributed by atoms with Crippen LogP contribution in [0.15, 0.2) is 0 Å². The number of aromatic nitrogens is 4. The van der Waals surface area contributed by atoms with Crippen LogP contribution in [0.25, 0.3) is 0 Å². The standard InChI is InChI=1S/C16H30N6O2/c1-13(2)11-21-14(12-23)3-4-15(21)16-17-18-19-22(16)6-5-20-7-9-24-10-8-20/h13-15,23H,3-12H2,1-2H3/t14-,15-/m0/s1. The molecule has 8 heteroatoms. The van der Waals surface area contributed by atoms with Gasteiger partial charge in [-0.2, -0.15) is 0 Å². The van der Waals surface area contributed by atoms with E-state index in [-0.39, 0.29) is 18.7 Å². The van der Waals surface area contributed by atoms with Crippen LogP contribution in [0.2, 0.25) is 0 Å². The second-order valence-corrected chi connectivity index (χ2v) is 7.23. The van der Waals surface area contributed by atoms with Gasteiger partial charge >= 0.3 is 0 Å². The molecule has 0 saturated carbocycles. The first-order valence-electron chi connectivity index (χ1n) is 9.11. The minimum atomic E-state index is 0.207. The monoisotopic (exact) mass is 338 g/mol. The summed E-state index contributed by atoms with van der Waals surface area (Å²) < 4.78 is 7.35. The molecule has 1 aromatic rings. The zero-order chi connectivity index (χ0) is 16.9. The first-order chi connectivity index (χ1) is 11.7. The topological polar surface area (TPSA) is 79.5 Å². The summed E-state index contributed by atoms with van der Waals surface area (Å²) in [4.78, 5) is 4.79. The van der Waals surface area contributed by atoms with Crippen molar-refractivity contribution in [3.05, 3.63) is 5.82 Å². The summed E-state index contributed by atoms with van der Waals surface area (Å²) in [7, 11) is 0. The maximum absolute atomic E-state index is 9.69. The molecule has 0 radical (unpaired) electrons. The summed E-state index contributed by atoms with van der Waals surface area (Å²) in [5, 5.41) is 22.2. The molecule has 2 saturated heterocycles. The van der Waals surface area contributed by atoms with Gasteiger partial charge in [-0.3, -0.25) is 9.80 Å². The van der Waals surface area contributed by atoms with Crippen molar-refractivity contribution in [1.82, 2.24) is 30.0 Å². The molecule has 1 N–H and O–H groups in total. The number of aliphatic hydroxyl groups excluding tert-OH is 1. The van der Waals surface area contributed by atoms with Crippen molar-refractivity contribution in [1.29, 1.82) is 0 Å². The van der Waals surface area contributed by atoms with Crippen LogP contribution in [0.5, 0.6) is 0 Å². The molecule has 2 fully saturated rings. The second kappa shape index (κ2) is 8.33. The Balaban J connectivity index is 1.66. The lowest BCUT2D eigenvalue weighted by Gasteiger charge is -2.30. The molecule has 24 heavy (non-hydrogen) atoms. The number of aliphatic hydroxyl groups is 1. The number of hydrogen-bond donors (Lipinski definition) is 1. The highest BCUT2D eigenvalue weighted by atomic mass is 16.5. The van der Waals surface area contributed by atoms with Gasteiger partial charge < -0.3 is 9.84 Å². The number of hydrogen-bond acceptors (Lipinski definition) is 7. The number of likely N-dealkylation sites (tertiary alicyclic amines) is 1. The van der Waals surface area contributed by atoms with Gasteiger partial charge in [-0.15, -0.1) is 5.10 Å². The molecule has 0 bridgehead atoms. The first kappa shape index (κ1) is 17.7. The molecular weight excluding hydrogens is 308 g/mol.